The highest BCUT2D eigenvalue weighted by atomic mass is 16.2. The maximum Gasteiger partial charge on any atom is 0.249 e. The van der Waals surface area contributed by atoms with Crippen molar-refractivity contribution in [3.8, 4) is 11.1 Å². The molecule has 0 bridgehead atoms. The van der Waals surface area contributed by atoms with Gasteiger partial charge in [-0.15, -0.1) is 0 Å². The van der Waals surface area contributed by atoms with Crippen molar-refractivity contribution in [3.05, 3.63) is 83.9 Å². The first-order valence-corrected chi connectivity index (χ1v) is 11.8. The summed E-state index contributed by atoms with van der Waals surface area (Å²) in [7, 11) is 4.15. The molecule has 34 heavy (non-hydrogen) atoms. The minimum absolute atomic E-state index is 0.0183. The lowest BCUT2D eigenvalue weighted by molar-refractivity contribution is -0.119. The molecule has 4 rings (SSSR count). The number of carbonyl (C=O) groups is 1. The molecule has 4 N–H and O–H groups in total. The second kappa shape index (κ2) is 10.5. The summed E-state index contributed by atoms with van der Waals surface area (Å²) in [6.07, 6.45) is 2.71. The SMILES string of the molecule is CN(C)Cc1ccccc1-c1ccc(N2CCCC[C@H](Nc3cccc(C(=N)N)c3)C2=O)cc1. The highest BCUT2D eigenvalue weighted by molar-refractivity contribution is 6.00. The van der Waals surface area contributed by atoms with Gasteiger partial charge in [-0.1, -0.05) is 48.5 Å². The summed E-state index contributed by atoms with van der Waals surface area (Å²) in [5.41, 5.74) is 11.7. The highest BCUT2D eigenvalue weighted by Gasteiger charge is 2.28. The standard InChI is InChI=1S/C28H33N5O/c1-32(2)19-22-8-3-4-11-25(22)20-13-15-24(16-14-20)33-17-6-5-12-26(28(33)34)31-23-10-7-9-21(18-23)27(29)30/h3-4,7-11,13-16,18,26,31H,5-6,12,17,19H2,1-2H3,(H3,29,30)/t26-/m0/s1. The number of nitrogens with one attached hydrogen (secondary N) is 2. The molecule has 0 unspecified atom stereocenters. The van der Waals surface area contributed by atoms with E-state index in [1.54, 1.807) is 6.07 Å². The Bertz CT molecular complexity index is 1160. The molecule has 1 amide bonds. The quantitative estimate of drug-likeness (QED) is 0.356. The zero-order valence-electron chi connectivity index (χ0n) is 19.9. The Balaban J connectivity index is 1.54. The number of nitrogens with two attached hydrogens (primary N) is 1. The molecule has 0 spiro atoms. The number of carbonyl (C=O) groups excluding carboxylic acids is 1. The van der Waals surface area contributed by atoms with Crippen molar-refractivity contribution in [2.45, 2.75) is 31.8 Å². The van der Waals surface area contributed by atoms with E-state index >= 15 is 0 Å². The van der Waals surface area contributed by atoms with Gasteiger partial charge in [-0.05, 0) is 74.3 Å². The third-order valence-electron chi connectivity index (χ3n) is 6.20. The van der Waals surface area contributed by atoms with Crippen LogP contribution in [0.1, 0.15) is 30.4 Å². The van der Waals surface area contributed by atoms with E-state index in [9.17, 15) is 4.79 Å². The molecule has 1 fully saturated rings. The Hall–Kier alpha value is -3.64. The number of rotatable bonds is 7. The smallest absolute Gasteiger partial charge is 0.249 e. The summed E-state index contributed by atoms with van der Waals surface area (Å²) in [6.45, 7) is 1.59. The van der Waals surface area contributed by atoms with Gasteiger partial charge in [0, 0.05) is 30.0 Å². The zero-order chi connectivity index (χ0) is 24.1. The van der Waals surface area contributed by atoms with Crippen LogP contribution in [0.2, 0.25) is 0 Å². The second-order valence-corrected chi connectivity index (χ2v) is 9.12. The van der Waals surface area contributed by atoms with Crippen molar-refractivity contribution in [1.82, 2.24) is 4.90 Å². The number of benzene rings is 3. The molecule has 3 aromatic rings. The third-order valence-corrected chi connectivity index (χ3v) is 6.20. The van der Waals surface area contributed by atoms with E-state index in [4.69, 9.17) is 11.1 Å². The average Bonchev–Trinajstić information content (AvgIpc) is 3.01. The summed E-state index contributed by atoms with van der Waals surface area (Å²) in [5.74, 6) is 0.0937. The van der Waals surface area contributed by atoms with Crippen LogP contribution in [0, 0.1) is 5.41 Å². The van der Waals surface area contributed by atoms with Gasteiger partial charge < -0.3 is 20.9 Å². The molecule has 0 aromatic heterocycles. The van der Waals surface area contributed by atoms with Crippen LogP contribution in [0.15, 0.2) is 72.8 Å². The van der Waals surface area contributed by atoms with Crippen molar-refractivity contribution >= 4 is 23.1 Å². The van der Waals surface area contributed by atoms with Gasteiger partial charge in [-0.25, -0.2) is 0 Å². The molecule has 3 aromatic carbocycles. The summed E-state index contributed by atoms with van der Waals surface area (Å²) in [4.78, 5) is 17.6. The summed E-state index contributed by atoms with van der Waals surface area (Å²) in [5, 5.41) is 11.0. The molecule has 1 aliphatic rings. The molecule has 1 saturated heterocycles. The lowest BCUT2D eigenvalue weighted by atomic mass is 9.99. The number of nitrogens with zero attached hydrogens (tertiary/aromatic N) is 2. The number of hydrogen-bond donors (Lipinski definition) is 3. The molecule has 1 atom stereocenters. The van der Waals surface area contributed by atoms with Crippen molar-refractivity contribution in [2.24, 2.45) is 5.73 Å². The topological polar surface area (TPSA) is 85.4 Å². The van der Waals surface area contributed by atoms with E-state index in [1.807, 2.05) is 23.1 Å². The van der Waals surface area contributed by atoms with Gasteiger partial charge in [0.05, 0.1) is 0 Å². The largest absolute Gasteiger partial charge is 0.384 e. The third kappa shape index (κ3) is 5.46. The van der Waals surface area contributed by atoms with Gasteiger partial charge in [0.2, 0.25) is 5.91 Å². The Kier molecular flexibility index (Phi) is 7.28. The van der Waals surface area contributed by atoms with E-state index in [-0.39, 0.29) is 17.8 Å². The van der Waals surface area contributed by atoms with Gasteiger partial charge in [-0.3, -0.25) is 10.2 Å². The monoisotopic (exact) mass is 455 g/mol. The number of hydrogen-bond acceptors (Lipinski definition) is 4. The Labute approximate surface area is 201 Å². The second-order valence-electron chi connectivity index (χ2n) is 9.12. The van der Waals surface area contributed by atoms with Crippen LogP contribution in [0.5, 0.6) is 0 Å². The van der Waals surface area contributed by atoms with Crippen molar-refractivity contribution in [1.29, 1.82) is 5.41 Å². The first-order valence-electron chi connectivity index (χ1n) is 11.8. The lowest BCUT2D eigenvalue weighted by Gasteiger charge is -2.26. The molecule has 1 heterocycles. The maximum atomic E-state index is 13.5. The molecule has 1 aliphatic heterocycles. The average molecular weight is 456 g/mol. The zero-order valence-corrected chi connectivity index (χ0v) is 19.9. The van der Waals surface area contributed by atoms with Gasteiger partial charge in [-0.2, -0.15) is 0 Å². The van der Waals surface area contributed by atoms with Crippen LogP contribution >= 0.6 is 0 Å². The Morgan fingerprint density at radius 1 is 1.06 bits per heavy atom. The summed E-state index contributed by atoms with van der Waals surface area (Å²) < 4.78 is 0. The first kappa shape index (κ1) is 23.5. The van der Waals surface area contributed by atoms with Gasteiger partial charge in [0.15, 0.2) is 0 Å². The van der Waals surface area contributed by atoms with Crippen molar-refractivity contribution in [2.75, 3.05) is 30.9 Å². The van der Waals surface area contributed by atoms with Crippen LogP contribution < -0.4 is 16.0 Å². The lowest BCUT2D eigenvalue weighted by Crippen LogP contribution is -2.41. The molecule has 6 nitrogen and oxygen atoms in total. The minimum atomic E-state index is -0.315. The summed E-state index contributed by atoms with van der Waals surface area (Å²) >= 11 is 0. The van der Waals surface area contributed by atoms with Crippen LogP contribution in [-0.4, -0.2) is 43.3 Å². The first-order chi connectivity index (χ1) is 16.4. The number of amidine groups is 1. The van der Waals surface area contributed by atoms with Crippen LogP contribution in [-0.2, 0) is 11.3 Å². The van der Waals surface area contributed by atoms with Crippen molar-refractivity contribution in [3.63, 3.8) is 0 Å². The van der Waals surface area contributed by atoms with E-state index in [0.29, 0.717) is 12.1 Å². The molecule has 0 saturated carbocycles. The molecule has 0 radical (unpaired) electrons. The van der Waals surface area contributed by atoms with Crippen LogP contribution in [0.4, 0.5) is 11.4 Å². The van der Waals surface area contributed by atoms with E-state index in [1.165, 1.54) is 11.1 Å². The van der Waals surface area contributed by atoms with Gasteiger partial charge in [0.1, 0.15) is 11.9 Å². The Morgan fingerprint density at radius 3 is 2.56 bits per heavy atom. The van der Waals surface area contributed by atoms with E-state index < -0.39 is 0 Å². The number of amides is 1. The number of nitrogen functional groups attached to an aromatic ring is 1. The molecular weight excluding hydrogens is 422 g/mol. The Morgan fingerprint density at radius 2 is 1.82 bits per heavy atom. The highest BCUT2D eigenvalue weighted by Crippen LogP contribution is 2.29. The predicted octanol–water partition coefficient (Wildman–Crippen LogP) is 4.70. The molecule has 0 aliphatic carbocycles. The van der Waals surface area contributed by atoms with Crippen LogP contribution in [0.25, 0.3) is 11.1 Å². The van der Waals surface area contributed by atoms with Gasteiger partial charge >= 0.3 is 0 Å². The fourth-order valence-corrected chi connectivity index (χ4v) is 4.51. The van der Waals surface area contributed by atoms with Crippen molar-refractivity contribution < 1.29 is 4.79 Å². The molecule has 176 valence electrons. The molecular formula is C28H33N5O. The van der Waals surface area contributed by atoms with E-state index in [2.05, 4.69) is 72.8 Å². The fraction of sp³-hybridized carbons (Fsp3) is 0.286. The number of anilines is 2. The fourth-order valence-electron chi connectivity index (χ4n) is 4.51. The normalized spacial score (nSPS) is 16.4. The minimum Gasteiger partial charge on any atom is -0.384 e. The van der Waals surface area contributed by atoms with Crippen LogP contribution in [0.3, 0.4) is 0 Å². The molecule has 6 heteroatoms. The van der Waals surface area contributed by atoms with E-state index in [0.717, 1.165) is 42.7 Å². The maximum absolute atomic E-state index is 13.5. The summed E-state index contributed by atoms with van der Waals surface area (Å²) in [6, 6.07) is 23.9. The predicted molar refractivity (Wildman–Crippen MR) is 140 cm³/mol. The van der Waals surface area contributed by atoms with Gasteiger partial charge in [0.25, 0.3) is 0 Å².